The van der Waals surface area contributed by atoms with E-state index in [0.717, 1.165) is 38.7 Å². The molecule has 0 saturated heterocycles. The van der Waals surface area contributed by atoms with Crippen molar-refractivity contribution < 1.29 is 19.1 Å². The second-order valence-corrected chi connectivity index (χ2v) is 12.8. The molecule has 1 N–H and O–H groups in total. The molecule has 0 radical (unpaired) electrons. The topological polar surface area (TPSA) is 111 Å². The highest BCUT2D eigenvalue weighted by atomic mass is 32.2. The third-order valence-electron chi connectivity index (χ3n) is 8.07. The first-order valence-corrected chi connectivity index (χ1v) is 16.9. The van der Waals surface area contributed by atoms with Gasteiger partial charge in [-0.1, -0.05) is 42.1 Å². The summed E-state index contributed by atoms with van der Waals surface area (Å²) in [6.45, 7) is 4.22. The van der Waals surface area contributed by atoms with Crippen molar-refractivity contribution in [3.63, 3.8) is 0 Å². The molecule has 10 nitrogen and oxygen atoms in total. The summed E-state index contributed by atoms with van der Waals surface area (Å²) in [6, 6.07) is 24.4. The van der Waals surface area contributed by atoms with Gasteiger partial charge in [0.25, 0.3) is 11.8 Å². The first-order chi connectivity index (χ1) is 22.9. The minimum Gasteiger partial charge on any atom is -0.497 e. The normalized spacial score (nSPS) is 14.2. The average molecular weight is 667 g/mol. The predicted molar refractivity (Wildman–Crippen MR) is 184 cm³/mol. The molecule has 0 fully saturated rings. The van der Waals surface area contributed by atoms with Gasteiger partial charge in [-0.3, -0.25) is 14.2 Å². The fraction of sp³-hybridized carbons (Fsp3) is 0.229. The van der Waals surface area contributed by atoms with E-state index in [9.17, 15) is 9.59 Å². The van der Waals surface area contributed by atoms with Gasteiger partial charge in [-0.25, -0.2) is 5.01 Å². The average Bonchev–Trinajstić information content (AvgIpc) is 3.88. The van der Waals surface area contributed by atoms with Crippen LogP contribution in [0.25, 0.3) is 5.69 Å². The van der Waals surface area contributed by atoms with Crippen molar-refractivity contribution in [3.8, 4) is 17.2 Å². The first-order valence-electron chi connectivity index (χ1n) is 15.0. The second kappa shape index (κ2) is 14.2. The maximum atomic E-state index is 13.9. The van der Waals surface area contributed by atoms with Gasteiger partial charge in [0, 0.05) is 12.0 Å². The van der Waals surface area contributed by atoms with Gasteiger partial charge in [0.1, 0.15) is 11.5 Å². The molecule has 3 aromatic carbocycles. The number of nitrogens with one attached hydrogen (secondary N) is 1. The van der Waals surface area contributed by atoms with Crippen LogP contribution in [0, 0.1) is 13.8 Å². The van der Waals surface area contributed by atoms with Crippen LogP contribution in [-0.2, 0) is 11.3 Å². The summed E-state index contributed by atoms with van der Waals surface area (Å²) >= 11 is 2.90. The molecule has 12 heteroatoms. The first kappa shape index (κ1) is 32.0. The molecule has 6 rings (SSSR count). The van der Waals surface area contributed by atoms with Gasteiger partial charge < -0.3 is 14.8 Å². The van der Waals surface area contributed by atoms with Crippen molar-refractivity contribution >= 4 is 40.6 Å². The summed E-state index contributed by atoms with van der Waals surface area (Å²) in [6.07, 6.45) is 0.611. The van der Waals surface area contributed by atoms with Gasteiger partial charge in [0.05, 0.1) is 48.8 Å². The summed E-state index contributed by atoms with van der Waals surface area (Å²) in [7, 11) is 3.21. The molecule has 240 valence electrons. The lowest BCUT2D eigenvalue weighted by Crippen LogP contribution is -2.28. The highest BCUT2D eigenvalue weighted by Gasteiger charge is 2.34. The molecule has 1 aliphatic heterocycles. The summed E-state index contributed by atoms with van der Waals surface area (Å²) in [4.78, 5) is 27.9. The van der Waals surface area contributed by atoms with Crippen molar-refractivity contribution in [3.05, 3.63) is 117 Å². The molecule has 0 aliphatic carbocycles. The number of aromatic nitrogens is 3. The van der Waals surface area contributed by atoms with Crippen molar-refractivity contribution in [1.82, 2.24) is 25.1 Å². The van der Waals surface area contributed by atoms with E-state index in [4.69, 9.17) is 14.6 Å². The maximum Gasteiger partial charge on any atom is 0.253 e. The Morgan fingerprint density at radius 3 is 2.34 bits per heavy atom. The number of hydrogen-bond donors (Lipinski definition) is 1. The van der Waals surface area contributed by atoms with E-state index >= 15 is 0 Å². The lowest BCUT2D eigenvalue weighted by Gasteiger charge is -2.22. The molecule has 0 unspecified atom stereocenters. The van der Waals surface area contributed by atoms with Crippen LogP contribution < -0.4 is 14.8 Å². The number of thiophene rings is 1. The largest absolute Gasteiger partial charge is 0.497 e. The van der Waals surface area contributed by atoms with E-state index in [1.807, 2.05) is 78.4 Å². The van der Waals surface area contributed by atoms with Crippen LogP contribution in [-0.4, -0.2) is 57.3 Å². The van der Waals surface area contributed by atoms with Crippen LogP contribution in [0.3, 0.4) is 0 Å². The fourth-order valence-corrected chi connectivity index (χ4v) is 6.88. The van der Waals surface area contributed by atoms with Crippen molar-refractivity contribution in [2.45, 2.75) is 38.0 Å². The summed E-state index contributed by atoms with van der Waals surface area (Å²) in [5.74, 6) is 1.67. The van der Waals surface area contributed by atoms with Crippen molar-refractivity contribution in [2.75, 3.05) is 20.0 Å². The third-order valence-corrected chi connectivity index (χ3v) is 9.91. The summed E-state index contributed by atoms with van der Waals surface area (Å²) in [5, 5.41) is 20.8. The highest BCUT2D eigenvalue weighted by molar-refractivity contribution is 7.99. The Balaban J connectivity index is 1.25. The Morgan fingerprint density at radius 1 is 0.936 bits per heavy atom. The Kier molecular flexibility index (Phi) is 9.69. The second-order valence-electron chi connectivity index (χ2n) is 10.9. The van der Waals surface area contributed by atoms with Crippen molar-refractivity contribution in [2.24, 2.45) is 5.10 Å². The van der Waals surface area contributed by atoms with Crippen LogP contribution in [0.4, 0.5) is 0 Å². The smallest absolute Gasteiger partial charge is 0.253 e. The number of hydrazone groups is 1. The number of rotatable bonds is 11. The molecule has 0 bridgehead atoms. The minimum atomic E-state index is -0.245. The van der Waals surface area contributed by atoms with E-state index in [1.54, 1.807) is 54.8 Å². The number of methoxy groups -OCH3 is 2. The molecule has 47 heavy (non-hydrogen) atoms. The van der Waals surface area contributed by atoms with Gasteiger partial charge in [-0.05, 0) is 84.4 Å². The summed E-state index contributed by atoms with van der Waals surface area (Å²) < 4.78 is 12.5. The van der Waals surface area contributed by atoms with E-state index in [2.05, 4.69) is 15.5 Å². The van der Waals surface area contributed by atoms with Crippen LogP contribution >= 0.6 is 23.1 Å². The fourth-order valence-electron chi connectivity index (χ4n) is 5.34. The monoisotopic (exact) mass is 666 g/mol. The van der Waals surface area contributed by atoms with E-state index in [1.165, 1.54) is 11.8 Å². The lowest BCUT2D eigenvalue weighted by atomic mass is 10.0. The third kappa shape index (κ3) is 6.93. The van der Waals surface area contributed by atoms with Gasteiger partial charge in [-0.15, -0.1) is 21.5 Å². The zero-order valence-electron chi connectivity index (χ0n) is 26.5. The maximum absolute atomic E-state index is 13.9. The highest BCUT2D eigenvalue weighted by Crippen LogP contribution is 2.35. The van der Waals surface area contributed by atoms with Crippen LogP contribution in [0.5, 0.6) is 11.5 Å². The molecular weight excluding hydrogens is 633 g/mol. The zero-order valence-corrected chi connectivity index (χ0v) is 28.1. The Morgan fingerprint density at radius 2 is 1.66 bits per heavy atom. The van der Waals surface area contributed by atoms with Crippen LogP contribution in [0.2, 0.25) is 0 Å². The number of benzene rings is 3. The minimum absolute atomic E-state index is 0.0923. The Bertz CT molecular complexity index is 1900. The lowest BCUT2D eigenvalue weighted by molar-refractivity contribution is -0.130. The molecule has 2 aromatic heterocycles. The number of nitrogens with zero attached hydrogens (tertiary/aromatic N) is 5. The Labute approximate surface area is 281 Å². The molecule has 0 spiro atoms. The zero-order chi connectivity index (χ0) is 32.9. The molecule has 0 saturated carbocycles. The van der Waals surface area contributed by atoms with Crippen LogP contribution in [0.15, 0.2) is 94.5 Å². The number of aryl methyl sites for hydroxylation is 1. The predicted octanol–water partition coefficient (Wildman–Crippen LogP) is 6.36. The molecule has 2 amide bonds. The molecule has 3 heterocycles. The van der Waals surface area contributed by atoms with Gasteiger partial charge >= 0.3 is 0 Å². The number of amides is 2. The SMILES string of the molecule is COc1ccc(C(=O)NCc2nnc(SCC(=O)N3N=C(c4cccs4)C[C@H]3c3ccc(OC)cc3)n2-c2cccc(C)c2C)cc1. The number of ether oxygens (including phenoxy) is 2. The number of thioether (sulfide) groups is 1. The van der Waals surface area contributed by atoms with E-state index in [-0.39, 0.29) is 30.2 Å². The van der Waals surface area contributed by atoms with Gasteiger partial charge in [-0.2, -0.15) is 5.10 Å². The molecule has 5 aromatic rings. The van der Waals surface area contributed by atoms with Crippen LogP contribution in [0.1, 0.15) is 50.2 Å². The quantitative estimate of drug-likeness (QED) is 0.163. The van der Waals surface area contributed by atoms with Gasteiger partial charge in [0.2, 0.25) is 0 Å². The Hall–Kier alpha value is -4.94. The molecule has 1 aliphatic rings. The molecule has 1 atom stereocenters. The number of carbonyl (C=O) groups is 2. The van der Waals surface area contributed by atoms with Crippen molar-refractivity contribution in [1.29, 1.82) is 0 Å². The molecular formula is C35H34N6O4S2. The standard InChI is InChI=1S/C35H34N6O4S2/c1-22-7-5-8-29(23(22)2)40-32(20-36-34(43)25-12-16-27(45-4)17-13-25)37-38-35(40)47-21-33(42)41-30(24-10-14-26(44-3)15-11-24)19-28(39-41)31-9-6-18-46-31/h5-18,30H,19-21H2,1-4H3,(H,36,43)/t30-/m0/s1. The summed E-state index contributed by atoms with van der Waals surface area (Å²) in [5.41, 5.74) is 5.40. The number of carbonyl (C=O) groups excluding carboxylic acids is 2. The number of hydrogen-bond acceptors (Lipinski definition) is 9. The van der Waals surface area contributed by atoms with E-state index < -0.39 is 0 Å². The van der Waals surface area contributed by atoms with E-state index in [0.29, 0.717) is 28.7 Å². The van der Waals surface area contributed by atoms with Gasteiger partial charge in [0.15, 0.2) is 11.0 Å².